The smallest absolute Gasteiger partial charge is 0.416 e. The van der Waals surface area contributed by atoms with Gasteiger partial charge in [-0.05, 0) is 6.07 Å². The van der Waals surface area contributed by atoms with Crippen LogP contribution in [0.3, 0.4) is 0 Å². The summed E-state index contributed by atoms with van der Waals surface area (Å²) in [4.78, 5) is 34.1. The lowest BCUT2D eigenvalue weighted by atomic mass is 10.0. The first-order valence-corrected chi connectivity index (χ1v) is 10.2. The number of para-hydroxylation sites is 1. The number of anilines is 1. The average Bonchev–Trinajstić information content (AvgIpc) is 3.25. The van der Waals surface area contributed by atoms with Crippen molar-refractivity contribution in [3.63, 3.8) is 0 Å². The molecule has 0 spiro atoms. The van der Waals surface area contributed by atoms with Crippen molar-refractivity contribution in [2.75, 3.05) is 5.32 Å². The first kappa shape index (κ1) is 20.2. The molecular formula is C25H18N4O4. The van der Waals surface area contributed by atoms with Gasteiger partial charge in [0.25, 0.3) is 11.8 Å². The second-order valence-electron chi connectivity index (χ2n) is 7.17. The summed E-state index contributed by atoms with van der Waals surface area (Å²) < 4.78 is 10.7. The Kier molecular flexibility index (Phi) is 5.38. The van der Waals surface area contributed by atoms with E-state index in [-0.39, 0.29) is 5.88 Å². The highest BCUT2D eigenvalue weighted by Gasteiger charge is 2.28. The zero-order chi connectivity index (χ0) is 22.6. The van der Waals surface area contributed by atoms with Crippen molar-refractivity contribution in [2.24, 2.45) is 4.99 Å². The van der Waals surface area contributed by atoms with Gasteiger partial charge in [0.2, 0.25) is 6.17 Å². The van der Waals surface area contributed by atoms with Crippen molar-refractivity contribution in [2.45, 2.75) is 6.17 Å². The van der Waals surface area contributed by atoms with Crippen molar-refractivity contribution in [1.82, 2.24) is 10.3 Å². The topological polar surface area (TPSA) is 106 Å². The van der Waals surface area contributed by atoms with E-state index in [0.717, 1.165) is 11.1 Å². The highest BCUT2D eigenvalue weighted by Crippen LogP contribution is 2.29. The van der Waals surface area contributed by atoms with E-state index < -0.39 is 18.2 Å². The number of fused-ring (bicyclic) bond motifs is 1. The highest BCUT2D eigenvalue weighted by atomic mass is 16.6. The first-order chi connectivity index (χ1) is 16.2. The van der Waals surface area contributed by atoms with E-state index in [1.54, 1.807) is 18.2 Å². The number of ether oxygens (including phenoxy) is 1. The molecular weight excluding hydrogens is 420 g/mol. The standard InChI is InChI=1S/C25H18N4O4/c30-23-22(29-25(31)33-24-21(32-15-26-24)17-11-5-2-6-12-17)28-20(16-9-3-1-4-10-16)18-13-7-8-14-19(18)27-23/h1-15,22H,(H,27,30)(H,29,31)/t22-/m1/s1. The molecule has 1 atom stereocenters. The molecule has 0 fully saturated rings. The lowest BCUT2D eigenvalue weighted by molar-refractivity contribution is -0.117. The average molecular weight is 438 g/mol. The molecule has 5 rings (SSSR count). The Morgan fingerprint density at radius 3 is 2.33 bits per heavy atom. The number of hydrogen-bond donors (Lipinski definition) is 2. The number of amides is 2. The second kappa shape index (κ2) is 8.80. The third-order valence-corrected chi connectivity index (χ3v) is 5.01. The summed E-state index contributed by atoms with van der Waals surface area (Å²) in [7, 11) is 0. The molecule has 0 saturated heterocycles. The van der Waals surface area contributed by atoms with Crippen LogP contribution in [0, 0.1) is 0 Å². The van der Waals surface area contributed by atoms with Crippen LogP contribution in [0.5, 0.6) is 5.88 Å². The lowest BCUT2D eigenvalue weighted by Crippen LogP contribution is -2.43. The summed E-state index contributed by atoms with van der Waals surface area (Å²) in [6.45, 7) is 0. The fraction of sp³-hybridized carbons (Fsp3) is 0.0400. The molecule has 0 unspecified atom stereocenters. The zero-order valence-corrected chi connectivity index (χ0v) is 17.3. The number of carbonyl (C=O) groups is 2. The number of benzodiazepines with no additional fused rings is 1. The van der Waals surface area contributed by atoms with E-state index >= 15 is 0 Å². The van der Waals surface area contributed by atoms with Gasteiger partial charge in [-0.15, -0.1) is 0 Å². The highest BCUT2D eigenvalue weighted by molar-refractivity contribution is 6.19. The van der Waals surface area contributed by atoms with Crippen LogP contribution in [0.1, 0.15) is 11.1 Å². The molecule has 1 aromatic heterocycles. The largest absolute Gasteiger partial charge is 0.439 e. The molecule has 162 valence electrons. The molecule has 8 heteroatoms. The molecule has 8 nitrogen and oxygen atoms in total. The minimum Gasteiger partial charge on any atom is -0.439 e. The maximum absolute atomic E-state index is 12.9. The van der Waals surface area contributed by atoms with E-state index in [0.29, 0.717) is 22.7 Å². The van der Waals surface area contributed by atoms with Crippen LogP contribution in [0.4, 0.5) is 10.5 Å². The van der Waals surface area contributed by atoms with Gasteiger partial charge in [0.05, 0.1) is 11.4 Å². The third-order valence-electron chi connectivity index (χ3n) is 5.01. The molecule has 2 N–H and O–H groups in total. The molecule has 3 aromatic carbocycles. The first-order valence-electron chi connectivity index (χ1n) is 10.2. The van der Waals surface area contributed by atoms with Crippen molar-refractivity contribution in [3.8, 4) is 17.2 Å². The molecule has 33 heavy (non-hydrogen) atoms. The lowest BCUT2D eigenvalue weighted by Gasteiger charge is -2.13. The molecule has 4 aromatic rings. The quantitative estimate of drug-likeness (QED) is 0.496. The molecule has 2 heterocycles. The van der Waals surface area contributed by atoms with Gasteiger partial charge in [-0.1, -0.05) is 78.9 Å². The van der Waals surface area contributed by atoms with Crippen LogP contribution in [-0.2, 0) is 4.79 Å². The van der Waals surface area contributed by atoms with Gasteiger partial charge in [-0.2, -0.15) is 4.98 Å². The summed E-state index contributed by atoms with van der Waals surface area (Å²) in [5.74, 6) is -0.200. The van der Waals surface area contributed by atoms with Gasteiger partial charge in [0.1, 0.15) is 0 Å². The van der Waals surface area contributed by atoms with Crippen molar-refractivity contribution >= 4 is 23.4 Å². The molecule has 0 aliphatic carbocycles. The Morgan fingerprint density at radius 2 is 1.58 bits per heavy atom. The Bertz CT molecular complexity index is 1330. The Balaban J connectivity index is 1.42. The van der Waals surface area contributed by atoms with Gasteiger partial charge >= 0.3 is 6.09 Å². The normalized spacial score (nSPS) is 15.0. The van der Waals surface area contributed by atoms with E-state index in [2.05, 4.69) is 20.6 Å². The predicted octanol–water partition coefficient (Wildman–Crippen LogP) is 4.25. The van der Waals surface area contributed by atoms with Crippen LogP contribution in [0.2, 0.25) is 0 Å². The third kappa shape index (κ3) is 4.22. The van der Waals surface area contributed by atoms with Gasteiger partial charge < -0.3 is 14.5 Å². The summed E-state index contributed by atoms with van der Waals surface area (Å²) >= 11 is 0. The number of carbonyl (C=O) groups excluding carboxylic acids is 2. The van der Waals surface area contributed by atoms with Gasteiger partial charge in [0, 0.05) is 16.7 Å². The van der Waals surface area contributed by atoms with E-state index in [1.807, 2.05) is 66.7 Å². The second-order valence-corrected chi connectivity index (χ2v) is 7.17. The Labute approximate surface area is 189 Å². The minimum atomic E-state index is -1.22. The van der Waals surface area contributed by atoms with Crippen LogP contribution in [0.15, 0.2) is 101 Å². The number of hydrogen-bond acceptors (Lipinski definition) is 6. The number of nitrogens with zero attached hydrogens (tertiary/aromatic N) is 2. The zero-order valence-electron chi connectivity index (χ0n) is 17.3. The van der Waals surface area contributed by atoms with Crippen LogP contribution in [0.25, 0.3) is 11.3 Å². The minimum absolute atomic E-state index is 0.0109. The number of oxazole rings is 1. The maximum Gasteiger partial charge on any atom is 0.416 e. The van der Waals surface area contributed by atoms with E-state index in [9.17, 15) is 9.59 Å². The molecule has 0 bridgehead atoms. The van der Waals surface area contributed by atoms with Crippen molar-refractivity contribution in [1.29, 1.82) is 0 Å². The summed E-state index contributed by atoms with van der Waals surface area (Å²) in [6.07, 6.45) is -0.915. The molecule has 1 aliphatic heterocycles. The predicted molar refractivity (Wildman–Crippen MR) is 122 cm³/mol. The Morgan fingerprint density at radius 1 is 0.909 bits per heavy atom. The van der Waals surface area contributed by atoms with E-state index in [1.165, 1.54) is 6.39 Å². The van der Waals surface area contributed by atoms with Crippen LogP contribution in [-0.4, -0.2) is 28.9 Å². The number of aromatic nitrogens is 1. The summed E-state index contributed by atoms with van der Waals surface area (Å²) in [6, 6.07) is 25.9. The van der Waals surface area contributed by atoms with Crippen molar-refractivity contribution < 1.29 is 18.7 Å². The fourth-order valence-electron chi connectivity index (χ4n) is 3.50. The maximum atomic E-state index is 12.9. The number of aliphatic imine (C=N–C) groups is 1. The molecule has 1 aliphatic rings. The monoisotopic (exact) mass is 438 g/mol. The van der Waals surface area contributed by atoms with Gasteiger partial charge in [-0.3, -0.25) is 10.1 Å². The van der Waals surface area contributed by atoms with Crippen LogP contribution < -0.4 is 15.4 Å². The SMILES string of the molecule is O=C(N[C@H]1N=C(c2ccccc2)c2ccccc2NC1=O)Oc1ncoc1-c1ccccc1. The van der Waals surface area contributed by atoms with Crippen LogP contribution >= 0.6 is 0 Å². The van der Waals surface area contributed by atoms with Gasteiger partial charge in [-0.25, -0.2) is 9.79 Å². The number of nitrogens with one attached hydrogen (secondary N) is 2. The van der Waals surface area contributed by atoms with Crippen molar-refractivity contribution in [3.05, 3.63) is 102 Å². The summed E-state index contributed by atoms with van der Waals surface area (Å²) in [5, 5.41) is 5.33. The molecule has 0 radical (unpaired) electrons. The van der Waals surface area contributed by atoms with E-state index in [4.69, 9.17) is 9.15 Å². The fourth-order valence-corrected chi connectivity index (χ4v) is 3.50. The number of benzene rings is 3. The number of rotatable bonds is 4. The molecule has 2 amide bonds. The Hall–Kier alpha value is -4.72. The van der Waals surface area contributed by atoms with Gasteiger partial charge in [0.15, 0.2) is 12.2 Å². The summed E-state index contributed by atoms with van der Waals surface area (Å²) in [5.41, 5.74) is 3.43. The molecule has 0 saturated carbocycles.